The molecule has 1 aliphatic rings. The fourth-order valence-corrected chi connectivity index (χ4v) is 5.82. The zero-order chi connectivity index (χ0) is 31.8. The van der Waals surface area contributed by atoms with Crippen molar-refractivity contribution in [2.75, 3.05) is 65.4 Å². The van der Waals surface area contributed by atoms with E-state index in [9.17, 15) is 9.59 Å². The smallest absolute Gasteiger partial charge is 0.260 e. The Kier molecular flexibility index (Phi) is 11.9. The van der Waals surface area contributed by atoms with Crippen LogP contribution >= 0.6 is 23.2 Å². The van der Waals surface area contributed by atoms with Gasteiger partial charge in [-0.15, -0.1) is 0 Å². The maximum absolute atomic E-state index is 14.1. The second kappa shape index (κ2) is 15.6. The number of unbranched alkanes of at least 4 members (excludes halogenated alkanes) is 1. The molecule has 1 saturated heterocycles. The Morgan fingerprint density at radius 2 is 1.82 bits per heavy atom. The number of amides is 1. The second-order valence-corrected chi connectivity index (χ2v) is 11.1. The summed E-state index contributed by atoms with van der Waals surface area (Å²) in [5.41, 5.74) is 0.624. The average molecular weight is 648 g/mol. The molecule has 0 unspecified atom stereocenters. The Hall–Kier alpha value is -3.38. The second-order valence-electron chi connectivity index (χ2n) is 10.4. The van der Waals surface area contributed by atoms with Crippen LogP contribution in [0, 0.1) is 0 Å². The molecule has 44 heavy (non-hydrogen) atoms. The number of hydrogen-bond acceptors (Lipinski definition) is 9. The van der Waals surface area contributed by atoms with Gasteiger partial charge in [0.05, 0.1) is 49.1 Å². The summed E-state index contributed by atoms with van der Waals surface area (Å²) in [5, 5.41) is 4.28. The molecule has 1 fully saturated rings. The first-order chi connectivity index (χ1) is 21.3. The van der Waals surface area contributed by atoms with Crippen LogP contribution in [0.1, 0.15) is 26.7 Å². The van der Waals surface area contributed by atoms with Gasteiger partial charge in [-0.2, -0.15) is 4.98 Å². The predicted molar refractivity (Wildman–Crippen MR) is 174 cm³/mol. The zero-order valence-electron chi connectivity index (χ0n) is 25.7. The molecule has 1 N–H and O–H groups in total. The normalized spacial score (nSPS) is 13.3. The van der Waals surface area contributed by atoms with E-state index in [1.165, 1.54) is 20.3 Å². The van der Waals surface area contributed by atoms with Gasteiger partial charge >= 0.3 is 0 Å². The van der Waals surface area contributed by atoms with Gasteiger partial charge in [-0.1, -0.05) is 43.6 Å². The van der Waals surface area contributed by atoms with Crippen molar-refractivity contribution >= 4 is 46.1 Å². The zero-order valence-corrected chi connectivity index (χ0v) is 27.2. The molecule has 1 amide bonds. The van der Waals surface area contributed by atoms with E-state index >= 15 is 0 Å². The highest BCUT2D eigenvalue weighted by Crippen LogP contribution is 2.45. The highest BCUT2D eigenvalue weighted by atomic mass is 35.5. The Morgan fingerprint density at radius 1 is 1.14 bits per heavy atom. The van der Waals surface area contributed by atoms with Gasteiger partial charge in [-0.05, 0) is 44.6 Å². The number of nitrogens with one attached hydrogen (secondary N) is 1. The maximum atomic E-state index is 14.1. The topological polar surface area (TPSA) is 111 Å². The van der Waals surface area contributed by atoms with Gasteiger partial charge < -0.3 is 29.3 Å². The van der Waals surface area contributed by atoms with Crippen LogP contribution in [0.3, 0.4) is 0 Å². The lowest BCUT2D eigenvalue weighted by Crippen LogP contribution is -2.54. The summed E-state index contributed by atoms with van der Waals surface area (Å²) in [4.78, 5) is 39.2. The van der Waals surface area contributed by atoms with Crippen molar-refractivity contribution in [1.82, 2.24) is 24.3 Å². The molecule has 13 heteroatoms. The minimum Gasteiger partial charge on any atom is -0.495 e. The third-order valence-electron chi connectivity index (χ3n) is 7.75. The molecule has 11 nitrogen and oxygen atoms in total. The van der Waals surface area contributed by atoms with Gasteiger partial charge in [0, 0.05) is 42.8 Å². The van der Waals surface area contributed by atoms with Crippen LogP contribution in [-0.2, 0) is 16.1 Å². The largest absolute Gasteiger partial charge is 0.495 e. The number of rotatable bonds is 16. The Labute approximate surface area is 267 Å². The fourth-order valence-electron chi connectivity index (χ4n) is 5.12. The molecule has 0 atom stereocenters. The van der Waals surface area contributed by atoms with Gasteiger partial charge in [-0.3, -0.25) is 14.2 Å². The van der Waals surface area contributed by atoms with Crippen LogP contribution in [0.15, 0.2) is 35.8 Å². The summed E-state index contributed by atoms with van der Waals surface area (Å²) in [5.74, 6) is 0.932. The van der Waals surface area contributed by atoms with Gasteiger partial charge in [0.2, 0.25) is 11.9 Å². The molecule has 3 aromatic rings. The molecule has 3 heterocycles. The number of carbonyl (C=O) groups is 1. The van der Waals surface area contributed by atoms with Crippen molar-refractivity contribution in [3.63, 3.8) is 0 Å². The Morgan fingerprint density at radius 3 is 2.43 bits per heavy atom. The van der Waals surface area contributed by atoms with Crippen molar-refractivity contribution in [3.8, 4) is 22.6 Å². The van der Waals surface area contributed by atoms with Crippen molar-refractivity contribution in [2.24, 2.45) is 0 Å². The minimum absolute atomic E-state index is 0.126. The number of likely N-dealkylation sites (tertiary alicyclic amines) is 1. The molecule has 0 spiro atoms. The summed E-state index contributed by atoms with van der Waals surface area (Å²) in [6.45, 7) is 13.0. The number of aromatic nitrogens is 3. The van der Waals surface area contributed by atoms with Gasteiger partial charge in [-0.25, -0.2) is 4.98 Å². The van der Waals surface area contributed by atoms with E-state index in [-0.39, 0.29) is 46.3 Å². The molecule has 2 aromatic heterocycles. The number of methoxy groups -OCH3 is 2. The van der Waals surface area contributed by atoms with Crippen molar-refractivity contribution < 1.29 is 19.0 Å². The van der Waals surface area contributed by atoms with E-state index in [1.807, 2.05) is 0 Å². The van der Waals surface area contributed by atoms with Crippen LogP contribution in [0.2, 0.25) is 10.0 Å². The lowest BCUT2D eigenvalue weighted by atomic mass is 10.0. The summed E-state index contributed by atoms with van der Waals surface area (Å²) in [6.07, 6.45) is 4.84. The number of fused-ring (bicyclic) bond motifs is 1. The summed E-state index contributed by atoms with van der Waals surface area (Å²) in [6, 6.07) is 3.25. The number of nitrogens with zero attached hydrogens (tertiary/aromatic N) is 5. The van der Waals surface area contributed by atoms with Crippen molar-refractivity contribution in [2.45, 2.75) is 39.3 Å². The van der Waals surface area contributed by atoms with Gasteiger partial charge in [0.25, 0.3) is 5.56 Å². The predicted octanol–water partition coefficient (Wildman–Crippen LogP) is 4.73. The summed E-state index contributed by atoms with van der Waals surface area (Å²) >= 11 is 13.4. The van der Waals surface area contributed by atoms with Crippen LogP contribution in [0.5, 0.6) is 11.5 Å². The number of hydrogen-bond donors (Lipinski definition) is 1. The van der Waals surface area contributed by atoms with E-state index < -0.39 is 0 Å². The molecule has 1 aromatic carbocycles. The average Bonchev–Trinajstić information content (AvgIpc) is 3.01. The minimum atomic E-state index is -0.360. The van der Waals surface area contributed by atoms with Crippen LogP contribution in [-0.4, -0.2) is 96.4 Å². The molecule has 0 bridgehead atoms. The maximum Gasteiger partial charge on any atom is 0.260 e. The van der Waals surface area contributed by atoms with Crippen molar-refractivity contribution in [3.05, 3.63) is 51.4 Å². The van der Waals surface area contributed by atoms with E-state index in [4.69, 9.17) is 42.4 Å². The van der Waals surface area contributed by atoms with E-state index in [0.29, 0.717) is 53.7 Å². The standard InChI is InChI=1S/C31H40Cl2N6O5/c1-6-25(40)38-18-21(19-38)44-14-13-39-29-20(17-35-31(36-29)34-11-9-10-12-37(7-2)8-3)15-22(30(39)41)26-27(32)23(42-4)16-24(43-5)28(26)33/h6,15-17,21H,1,7-14,18-19H2,2-5H3,(H,34,35,36). The van der Waals surface area contributed by atoms with Crippen LogP contribution < -0.4 is 20.3 Å². The van der Waals surface area contributed by atoms with E-state index in [1.54, 1.807) is 27.8 Å². The molecular weight excluding hydrogens is 607 g/mol. The monoisotopic (exact) mass is 646 g/mol. The summed E-state index contributed by atoms with van der Waals surface area (Å²) in [7, 11) is 2.95. The first-order valence-corrected chi connectivity index (χ1v) is 15.5. The number of carbonyl (C=O) groups excluding carboxylic acids is 1. The van der Waals surface area contributed by atoms with Gasteiger partial charge in [0.15, 0.2) is 0 Å². The number of benzene rings is 1. The molecule has 0 radical (unpaired) electrons. The van der Waals surface area contributed by atoms with Crippen molar-refractivity contribution in [1.29, 1.82) is 0 Å². The lowest BCUT2D eigenvalue weighted by molar-refractivity contribution is -0.139. The SMILES string of the molecule is C=CC(=O)N1CC(OCCn2c(=O)c(-c3c(Cl)c(OC)cc(OC)c3Cl)cc3cnc(NCCCCN(CC)CC)nc32)C1. The van der Waals surface area contributed by atoms with Crippen LogP contribution in [0.25, 0.3) is 22.2 Å². The lowest BCUT2D eigenvalue weighted by Gasteiger charge is -2.38. The molecule has 1 aliphatic heterocycles. The van der Waals surface area contributed by atoms with E-state index in [0.717, 1.165) is 32.5 Å². The molecule has 238 valence electrons. The molecule has 0 saturated carbocycles. The quantitative estimate of drug-likeness (QED) is 0.174. The Balaban J connectivity index is 1.64. The third-order valence-corrected chi connectivity index (χ3v) is 8.50. The molecule has 4 rings (SSSR count). The summed E-state index contributed by atoms with van der Waals surface area (Å²) < 4.78 is 18.4. The van der Waals surface area contributed by atoms with Gasteiger partial charge in [0.1, 0.15) is 17.1 Å². The fraction of sp³-hybridized carbons (Fsp3) is 0.484. The van der Waals surface area contributed by atoms with E-state index in [2.05, 4.69) is 35.6 Å². The Bertz CT molecular complexity index is 1510. The molecular formula is C31H40Cl2N6O5. The highest BCUT2D eigenvalue weighted by Gasteiger charge is 2.30. The van der Waals surface area contributed by atoms with Crippen LogP contribution in [0.4, 0.5) is 5.95 Å². The first-order valence-electron chi connectivity index (χ1n) is 14.8. The third kappa shape index (κ3) is 7.46. The number of ether oxygens (including phenoxy) is 3. The number of anilines is 1. The number of pyridine rings is 1. The number of halogens is 2. The highest BCUT2D eigenvalue weighted by molar-refractivity contribution is 6.41. The molecule has 0 aliphatic carbocycles. The first kappa shape index (κ1) is 33.5.